The van der Waals surface area contributed by atoms with Crippen LogP contribution in [-0.4, -0.2) is 67.9 Å². The van der Waals surface area contributed by atoms with Gasteiger partial charge in [0.15, 0.2) is 0 Å². The summed E-state index contributed by atoms with van der Waals surface area (Å²) in [5, 5.41) is 0. The molecule has 0 aliphatic carbocycles. The number of nitrogens with zero attached hydrogens (tertiary/aromatic N) is 3. The number of hydrogen-bond acceptors (Lipinski definition) is 5. The minimum atomic E-state index is -0.456. The maximum Gasteiger partial charge on any atom is 0.299 e. The third kappa shape index (κ3) is 4.95. The number of anilines is 1. The van der Waals surface area contributed by atoms with Crippen LogP contribution in [0.15, 0.2) is 48.5 Å². The number of para-hydroxylation sites is 1. The largest absolute Gasteiger partial charge is 0.495 e. The first-order valence-electron chi connectivity index (χ1n) is 9.69. The molecule has 6 nitrogen and oxygen atoms in total. The Kier molecular flexibility index (Phi) is 8.67. The van der Waals surface area contributed by atoms with Gasteiger partial charge in [0.1, 0.15) is 5.75 Å². The Bertz CT molecular complexity index is 871. The smallest absolute Gasteiger partial charge is 0.299 e. The van der Waals surface area contributed by atoms with E-state index in [0.717, 1.165) is 39.3 Å². The number of methoxy groups -OCH3 is 1. The standard InChI is InChI=1S/C22H25N3O3.2ClH/c1-28-19-9-5-8-18-20(19)25(22(27)21(18)26)15-14-23-10-12-24(13-11-23)16-17-6-3-2-4-7-17;;/h2-9H,10-16H2,1H3;2*1H. The van der Waals surface area contributed by atoms with Crippen molar-refractivity contribution < 1.29 is 14.3 Å². The van der Waals surface area contributed by atoms with Crippen molar-refractivity contribution >= 4 is 42.2 Å². The van der Waals surface area contributed by atoms with E-state index < -0.39 is 11.7 Å². The summed E-state index contributed by atoms with van der Waals surface area (Å²) >= 11 is 0. The predicted octanol–water partition coefficient (Wildman–Crippen LogP) is 2.89. The van der Waals surface area contributed by atoms with E-state index >= 15 is 0 Å². The number of rotatable bonds is 6. The molecule has 0 bridgehead atoms. The Morgan fingerprint density at radius 1 is 0.833 bits per heavy atom. The number of ether oxygens (including phenoxy) is 1. The molecule has 0 N–H and O–H groups in total. The molecule has 2 aromatic carbocycles. The molecule has 1 amide bonds. The molecule has 2 heterocycles. The molecule has 0 aromatic heterocycles. The molecule has 0 atom stereocenters. The van der Waals surface area contributed by atoms with Crippen molar-refractivity contribution in [3.63, 3.8) is 0 Å². The topological polar surface area (TPSA) is 53.1 Å². The van der Waals surface area contributed by atoms with E-state index in [4.69, 9.17) is 4.74 Å². The molecule has 2 aliphatic heterocycles. The maximum absolute atomic E-state index is 12.5. The van der Waals surface area contributed by atoms with Crippen molar-refractivity contribution in [3.05, 3.63) is 59.7 Å². The van der Waals surface area contributed by atoms with Crippen LogP contribution in [0.5, 0.6) is 5.75 Å². The highest BCUT2D eigenvalue weighted by Gasteiger charge is 2.38. The highest BCUT2D eigenvalue weighted by atomic mass is 35.5. The molecule has 0 radical (unpaired) electrons. The van der Waals surface area contributed by atoms with Gasteiger partial charge in [-0.1, -0.05) is 36.4 Å². The highest BCUT2D eigenvalue weighted by Crippen LogP contribution is 2.37. The van der Waals surface area contributed by atoms with Gasteiger partial charge in [0, 0.05) is 45.8 Å². The number of benzene rings is 2. The Morgan fingerprint density at radius 2 is 1.50 bits per heavy atom. The molecule has 1 fully saturated rings. The van der Waals surface area contributed by atoms with E-state index in [9.17, 15) is 9.59 Å². The Labute approximate surface area is 189 Å². The quantitative estimate of drug-likeness (QED) is 0.631. The lowest BCUT2D eigenvalue weighted by Crippen LogP contribution is -2.48. The van der Waals surface area contributed by atoms with E-state index in [1.165, 1.54) is 5.56 Å². The number of Topliss-reactive ketones (excluding diaryl/α,β-unsaturated/α-hetero) is 1. The first kappa shape index (κ1) is 24.2. The molecule has 4 rings (SSSR count). The fraction of sp³-hybridized carbons (Fsp3) is 0.364. The Hall–Kier alpha value is -2.12. The number of carbonyl (C=O) groups is 2. The fourth-order valence-electron chi connectivity index (χ4n) is 3.96. The van der Waals surface area contributed by atoms with Gasteiger partial charge in [-0.25, -0.2) is 0 Å². The number of amides is 1. The van der Waals surface area contributed by atoms with Gasteiger partial charge in [-0.2, -0.15) is 0 Å². The van der Waals surface area contributed by atoms with E-state index in [-0.39, 0.29) is 24.8 Å². The zero-order chi connectivity index (χ0) is 19.5. The summed E-state index contributed by atoms with van der Waals surface area (Å²) in [6, 6.07) is 15.7. The van der Waals surface area contributed by atoms with E-state index in [1.807, 2.05) is 6.07 Å². The summed E-state index contributed by atoms with van der Waals surface area (Å²) < 4.78 is 5.38. The van der Waals surface area contributed by atoms with Crippen LogP contribution in [-0.2, 0) is 11.3 Å². The molecule has 2 aromatic rings. The average Bonchev–Trinajstić information content (AvgIpc) is 2.98. The van der Waals surface area contributed by atoms with Gasteiger partial charge in [0.05, 0.1) is 18.4 Å². The van der Waals surface area contributed by atoms with Crippen LogP contribution < -0.4 is 9.64 Å². The van der Waals surface area contributed by atoms with Gasteiger partial charge in [-0.05, 0) is 17.7 Å². The van der Waals surface area contributed by atoms with Crippen LogP contribution in [0.2, 0.25) is 0 Å². The summed E-state index contributed by atoms with van der Waals surface area (Å²) in [5.74, 6) is -0.326. The number of hydrogen-bond donors (Lipinski definition) is 0. The summed E-state index contributed by atoms with van der Waals surface area (Å²) in [6.45, 7) is 6.14. The minimum Gasteiger partial charge on any atom is -0.495 e. The van der Waals surface area contributed by atoms with Gasteiger partial charge in [0.2, 0.25) is 0 Å². The summed E-state index contributed by atoms with van der Waals surface area (Å²) in [5.41, 5.74) is 2.39. The van der Waals surface area contributed by atoms with Crippen molar-refractivity contribution in [3.8, 4) is 5.75 Å². The second kappa shape index (κ2) is 10.8. The molecule has 0 unspecified atom stereocenters. The average molecular weight is 452 g/mol. The van der Waals surface area contributed by atoms with Crippen LogP contribution in [0.3, 0.4) is 0 Å². The van der Waals surface area contributed by atoms with Gasteiger partial charge < -0.3 is 9.64 Å². The van der Waals surface area contributed by atoms with Crippen LogP contribution >= 0.6 is 24.8 Å². The minimum absolute atomic E-state index is 0. The van der Waals surface area contributed by atoms with E-state index in [2.05, 4.69) is 34.1 Å². The number of fused-ring (bicyclic) bond motifs is 1. The molecule has 1 saturated heterocycles. The summed E-state index contributed by atoms with van der Waals surface area (Å²) in [6.07, 6.45) is 0. The van der Waals surface area contributed by atoms with Crippen molar-refractivity contribution in [2.45, 2.75) is 6.54 Å². The van der Waals surface area contributed by atoms with Gasteiger partial charge in [-0.15, -0.1) is 24.8 Å². The molecular formula is C22H27Cl2N3O3. The number of carbonyl (C=O) groups excluding carboxylic acids is 2. The maximum atomic E-state index is 12.5. The van der Waals surface area contributed by atoms with Crippen LogP contribution in [0.4, 0.5) is 5.69 Å². The monoisotopic (exact) mass is 451 g/mol. The normalized spacial score (nSPS) is 16.6. The molecule has 8 heteroatoms. The highest BCUT2D eigenvalue weighted by molar-refractivity contribution is 6.52. The van der Waals surface area contributed by atoms with Crippen molar-refractivity contribution in [2.24, 2.45) is 0 Å². The Balaban J connectivity index is 0.00000160. The van der Waals surface area contributed by atoms with Gasteiger partial charge in [-0.3, -0.25) is 19.4 Å². The van der Waals surface area contributed by atoms with E-state index in [1.54, 1.807) is 30.2 Å². The summed E-state index contributed by atoms with van der Waals surface area (Å²) in [7, 11) is 1.56. The molecule has 0 spiro atoms. The second-order valence-electron chi connectivity index (χ2n) is 7.25. The number of ketones is 1. The second-order valence-corrected chi connectivity index (χ2v) is 7.25. The fourth-order valence-corrected chi connectivity index (χ4v) is 3.96. The third-order valence-corrected chi connectivity index (χ3v) is 5.53. The lowest BCUT2D eigenvalue weighted by molar-refractivity contribution is -0.114. The van der Waals surface area contributed by atoms with Crippen molar-refractivity contribution in [2.75, 3.05) is 51.3 Å². The molecule has 30 heavy (non-hydrogen) atoms. The third-order valence-electron chi connectivity index (χ3n) is 5.53. The van der Waals surface area contributed by atoms with Crippen molar-refractivity contribution in [1.29, 1.82) is 0 Å². The van der Waals surface area contributed by atoms with Crippen LogP contribution in [0, 0.1) is 0 Å². The van der Waals surface area contributed by atoms with Gasteiger partial charge in [0.25, 0.3) is 11.7 Å². The Morgan fingerprint density at radius 3 is 2.17 bits per heavy atom. The number of halogens is 2. The van der Waals surface area contributed by atoms with Crippen LogP contribution in [0.1, 0.15) is 15.9 Å². The van der Waals surface area contributed by atoms with Crippen molar-refractivity contribution in [1.82, 2.24) is 9.80 Å². The van der Waals surface area contributed by atoms with Gasteiger partial charge >= 0.3 is 0 Å². The first-order valence-corrected chi connectivity index (χ1v) is 9.69. The zero-order valence-corrected chi connectivity index (χ0v) is 18.6. The SMILES string of the molecule is COc1cccc2c1N(CCN1CCN(Cc3ccccc3)CC1)C(=O)C2=O.Cl.Cl. The number of piperazine rings is 1. The predicted molar refractivity (Wildman–Crippen MR) is 122 cm³/mol. The lowest BCUT2D eigenvalue weighted by Gasteiger charge is -2.35. The molecule has 0 saturated carbocycles. The molecule has 2 aliphatic rings. The zero-order valence-electron chi connectivity index (χ0n) is 17.0. The first-order chi connectivity index (χ1) is 13.7. The van der Waals surface area contributed by atoms with E-state index in [0.29, 0.717) is 23.5 Å². The lowest BCUT2D eigenvalue weighted by atomic mass is 10.1. The molecule has 162 valence electrons. The summed E-state index contributed by atoms with van der Waals surface area (Å²) in [4.78, 5) is 31.1. The van der Waals surface area contributed by atoms with Crippen LogP contribution in [0.25, 0.3) is 0 Å². The molecular weight excluding hydrogens is 425 g/mol.